The lowest BCUT2D eigenvalue weighted by molar-refractivity contribution is 0.166. The van der Waals surface area contributed by atoms with Gasteiger partial charge in [0.1, 0.15) is 6.04 Å². The van der Waals surface area contributed by atoms with Gasteiger partial charge in [-0.25, -0.2) is 0 Å². The Balaban J connectivity index is 2.03. The van der Waals surface area contributed by atoms with Crippen LogP contribution in [0.3, 0.4) is 0 Å². The third-order valence-electron chi connectivity index (χ3n) is 2.06. The molecule has 1 aliphatic carbocycles. The molecule has 0 aliphatic heterocycles. The summed E-state index contributed by atoms with van der Waals surface area (Å²) in [6, 6.07) is -0.301. The molecule has 1 atom stereocenters. The van der Waals surface area contributed by atoms with Gasteiger partial charge in [0, 0.05) is 13.0 Å². The number of methoxy groups -OCH3 is 1. The van der Waals surface area contributed by atoms with Crippen molar-refractivity contribution in [2.45, 2.75) is 24.8 Å². The molecule has 0 bridgehead atoms. The lowest BCUT2D eigenvalue weighted by Crippen LogP contribution is -2.16. The first-order valence-corrected chi connectivity index (χ1v) is 4.39. The van der Waals surface area contributed by atoms with E-state index in [0.29, 0.717) is 18.4 Å². The van der Waals surface area contributed by atoms with Gasteiger partial charge in [0.2, 0.25) is 5.89 Å². The monoisotopic (exact) mass is 183 g/mol. The van der Waals surface area contributed by atoms with Crippen LogP contribution in [0, 0.1) is 0 Å². The summed E-state index contributed by atoms with van der Waals surface area (Å²) in [5, 5.41) is 3.86. The van der Waals surface area contributed by atoms with Gasteiger partial charge in [-0.2, -0.15) is 4.98 Å². The summed E-state index contributed by atoms with van der Waals surface area (Å²) < 4.78 is 9.90. The lowest BCUT2D eigenvalue weighted by atomic mass is 10.3. The fraction of sp³-hybridized carbons (Fsp3) is 0.750. The molecule has 2 rings (SSSR count). The van der Waals surface area contributed by atoms with Crippen molar-refractivity contribution < 1.29 is 9.26 Å². The van der Waals surface area contributed by atoms with Crippen LogP contribution in [0.5, 0.6) is 0 Å². The highest BCUT2D eigenvalue weighted by molar-refractivity contribution is 5.04. The summed E-state index contributed by atoms with van der Waals surface area (Å²) in [4.78, 5) is 4.21. The molecule has 1 saturated carbocycles. The fourth-order valence-corrected chi connectivity index (χ4v) is 1.16. The van der Waals surface area contributed by atoms with Crippen LogP contribution in [0.15, 0.2) is 4.52 Å². The molecule has 1 heterocycles. The van der Waals surface area contributed by atoms with Gasteiger partial charge in [-0.15, -0.1) is 0 Å². The van der Waals surface area contributed by atoms with Crippen LogP contribution in [-0.2, 0) is 4.74 Å². The van der Waals surface area contributed by atoms with Gasteiger partial charge in [0.05, 0.1) is 6.61 Å². The van der Waals surface area contributed by atoms with Crippen LogP contribution in [0.25, 0.3) is 0 Å². The zero-order valence-electron chi connectivity index (χ0n) is 7.56. The minimum absolute atomic E-state index is 0.301. The Morgan fingerprint density at radius 1 is 1.69 bits per heavy atom. The van der Waals surface area contributed by atoms with E-state index in [1.807, 2.05) is 0 Å². The standard InChI is InChI=1S/C8H13N3O2/c1-12-4-6(9)8-10-7(11-13-8)5-2-3-5/h5-6H,2-4,9H2,1H3. The average Bonchev–Trinajstić information content (AvgIpc) is 2.84. The minimum atomic E-state index is -0.301. The second-order valence-electron chi connectivity index (χ2n) is 3.33. The maximum atomic E-state index is 5.72. The van der Waals surface area contributed by atoms with Gasteiger partial charge in [-0.1, -0.05) is 5.16 Å². The van der Waals surface area contributed by atoms with E-state index in [9.17, 15) is 0 Å². The summed E-state index contributed by atoms with van der Waals surface area (Å²) in [6.07, 6.45) is 2.33. The highest BCUT2D eigenvalue weighted by Gasteiger charge is 2.29. The maximum absolute atomic E-state index is 5.72. The van der Waals surface area contributed by atoms with E-state index in [0.717, 1.165) is 5.82 Å². The molecule has 1 aromatic rings. The van der Waals surface area contributed by atoms with Gasteiger partial charge in [-0.3, -0.25) is 0 Å². The highest BCUT2D eigenvalue weighted by atomic mass is 16.5. The quantitative estimate of drug-likeness (QED) is 0.739. The van der Waals surface area contributed by atoms with E-state index in [1.165, 1.54) is 12.8 Å². The Kier molecular flexibility index (Phi) is 2.28. The van der Waals surface area contributed by atoms with Crippen molar-refractivity contribution in [3.05, 3.63) is 11.7 Å². The second kappa shape index (κ2) is 3.43. The molecular weight excluding hydrogens is 170 g/mol. The van der Waals surface area contributed by atoms with Crippen LogP contribution in [0.4, 0.5) is 0 Å². The first-order valence-electron chi connectivity index (χ1n) is 4.39. The van der Waals surface area contributed by atoms with Crippen LogP contribution in [0.2, 0.25) is 0 Å². The number of nitrogens with zero attached hydrogens (tertiary/aromatic N) is 2. The molecule has 0 saturated heterocycles. The first kappa shape index (κ1) is 8.65. The predicted molar refractivity (Wildman–Crippen MR) is 45.1 cm³/mol. The molecule has 0 spiro atoms. The first-order chi connectivity index (χ1) is 6.31. The number of hydrogen-bond acceptors (Lipinski definition) is 5. The number of ether oxygens (including phenoxy) is 1. The molecule has 1 unspecified atom stereocenters. The number of rotatable bonds is 4. The third kappa shape index (κ3) is 1.87. The van der Waals surface area contributed by atoms with Gasteiger partial charge in [-0.05, 0) is 12.8 Å². The third-order valence-corrected chi connectivity index (χ3v) is 2.06. The van der Waals surface area contributed by atoms with Crippen molar-refractivity contribution in [1.82, 2.24) is 10.1 Å². The molecule has 72 valence electrons. The minimum Gasteiger partial charge on any atom is -0.383 e. The lowest BCUT2D eigenvalue weighted by Gasteiger charge is -2.02. The van der Waals surface area contributed by atoms with E-state index >= 15 is 0 Å². The molecule has 2 N–H and O–H groups in total. The van der Waals surface area contributed by atoms with E-state index in [4.69, 9.17) is 15.0 Å². The summed E-state index contributed by atoms with van der Waals surface area (Å²) >= 11 is 0. The molecule has 0 aromatic carbocycles. The molecule has 1 aliphatic rings. The topological polar surface area (TPSA) is 74.2 Å². The number of aromatic nitrogens is 2. The average molecular weight is 183 g/mol. The Labute approximate surface area is 76.3 Å². The zero-order chi connectivity index (χ0) is 9.26. The highest BCUT2D eigenvalue weighted by Crippen LogP contribution is 2.38. The molecule has 1 fully saturated rings. The Morgan fingerprint density at radius 2 is 2.46 bits per heavy atom. The van der Waals surface area contributed by atoms with Crippen LogP contribution in [-0.4, -0.2) is 23.9 Å². The number of hydrogen-bond donors (Lipinski definition) is 1. The van der Waals surface area contributed by atoms with Crippen LogP contribution in [0.1, 0.15) is 36.5 Å². The Morgan fingerprint density at radius 3 is 3.08 bits per heavy atom. The molecule has 13 heavy (non-hydrogen) atoms. The van der Waals surface area contributed by atoms with E-state index < -0.39 is 0 Å². The SMILES string of the molecule is COCC(N)c1nc(C2CC2)no1. The van der Waals surface area contributed by atoms with Crippen LogP contribution < -0.4 is 5.73 Å². The van der Waals surface area contributed by atoms with Crippen molar-refractivity contribution in [1.29, 1.82) is 0 Å². The summed E-state index contributed by atoms with van der Waals surface area (Å²) in [5.74, 6) is 1.78. The molecule has 5 nitrogen and oxygen atoms in total. The van der Waals surface area contributed by atoms with Gasteiger partial charge < -0.3 is 15.0 Å². The largest absolute Gasteiger partial charge is 0.383 e. The van der Waals surface area contributed by atoms with E-state index in [-0.39, 0.29) is 6.04 Å². The summed E-state index contributed by atoms with van der Waals surface area (Å²) in [6.45, 7) is 0.409. The van der Waals surface area contributed by atoms with Gasteiger partial charge >= 0.3 is 0 Å². The Bertz CT molecular complexity index is 283. The predicted octanol–water partition coefficient (Wildman–Crippen LogP) is 0.593. The smallest absolute Gasteiger partial charge is 0.245 e. The normalized spacial score (nSPS) is 18.9. The van der Waals surface area contributed by atoms with E-state index in [1.54, 1.807) is 7.11 Å². The van der Waals surface area contributed by atoms with Crippen molar-refractivity contribution in [3.63, 3.8) is 0 Å². The molecule has 0 radical (unpaired) electrons. The summed E-state index contributed by atoms with van der Waals surface area (Å²) in [7, 11) is 1.60. The molecule has 1 aromatic heterocycles. The van der Waals surface area contributed by atoms with Crippen LogP contribution >= 0.6 is 0 Å². The van der Waals surface area contributed by atoms with Crippen molar-refractivity contribution in [2.24, 2.45) is 5.73 Å². The molecule has 5 heteroatoms. The summed E-state index contributed by atoms with van der Waals surface area (Å²) in [5.41, 5.74) is 5.72. The second-order valence-corrected chi connectivity index (χ2v) is 3.33. The van der Waals surface area contributed by atoms with Gasteiger partial charge in [0.25, 0.3) is 0 Å². The fourth-order valence-electron chi connectivity index (χ4n) is 1.16. The van der Waals surface area contributed by atoms with Crippen molar-refractivity contribution in [2.75, 3.05) is 13.7 Å². The number of nitrogens with two attached hydrogens (primary N) is 1. The zero-order valence-corrected chi connectivity index (χ0v) is 7.56. The Hall–Kier alpha value is -0.940. The molecular formula is C8H13N3O2. The maximum Gasteiger partial charge on any atom is 0.245 e. The molecule has 0 amide bonds. The van der Waals surface area contributed by atoms with Crippen molar-refractivity contribution >= 4 is 0 Å². The van der Waals surface area contributed by atoms with Gasteiger partial charge in [0.15, 0.2) is 5.82 Å². The van der Waals surface area contributed by atoms with Crippen molar-refractivity contribution in [3.8, 4) is 0 Å². The van der Waals surface area contributed by atoms with E-state index in [2.05, 4.69) is 10.1 Å².